The summed E-state index contributed by atoms with van der Waals surface area (Å²) >= 11 is 1.13. The molecule has 0 saturated carbocycles. The average Bonchev–Trinajstić information content (AvgIpc) is 2.57. The Labute approximate surface area is 101 Å². The highest BCUT2D eigenvalue weighted by atomic mass is 32.1. The summed E-state index contributed by atoms with van der Waals surface area (Å²) in [5.41, 5.74) is -0.398. The fourth-order valence-corrected chi connectivity index (χ4v) is 2.65. The predicted octanol–water partition coefficient (Wildman–Crippen LogP) is 4.61. The molecule has 0 fully saturated rings. The molecule has 0 saturated heterocycles. The topological polar surface area (TPSA) is 12.9 Å². The van der Waals surface area contributed by atoms with E-state index in [0.717, 1.165) is 22.4 Å². The standard InChI is InChI=1S/C12H12F3NS/c1-11(2,3)10-16-8-6-4-5-7(9(8)17-10)12(13,14)15/h4-6H,1-3H3. The fourth-order valence-electron chi connectivity index (χ4n) is 1.49. The van der Waals surface area contributed by atoms with Gasteiger partial charge in [0.25, 0.3) is 0 Å². The minimum absolute atomic E-state index is 0.227. The van der Waals surface area contributed by atoms with Gasteiger partial charge >= 0.3 is 6.18 Å². The van der Waals surface area contributed by atoms with Crippen molar-refractivity contribution in [2.75, 3.05) is 0 Å². The third kappa shape index (κ3) is 2.29. The molecule has 1 nitrogen and oxygen atoms in total. The Morgan fingerprint density at radius 3 is 2.29 bits per heavy atom. The van der Waals surface area contributed by atoms with Gasteiger partial charge < -0.3 is 0 Å². The van der Waals surface area contributed by atoms with E-state index in [0.29, 0.717) is 5.52 Å². The maximum absolute atomic E-state index is 12.8. The minimum atomic E-state index is -4.32. The number of fused-ring (bicyclic) bond motifs is 1. The van der Waals surface area contributed by atoms with Gasteiger partial charge in [-0.15, -0.1) is 11.3 Å². The first-order valence-corrected chi connectivity index (χ1v) is 5.98. The largest absolute Gasteiger partial charge is 0.417 e. The Bertz CT molecular complexity index is 549. The van der Waals surface area contributed by atoms with E-state index in [-0.39, 0.29) is 10.1 Å². The molecule has 0 unspecified atom stereocenters. The van der Waals surface area contributed by atoms with Crippen molar-refractivity contribution < 1.29 is 13.2 Å². The molecule has 1 heterocycles. The molecule has 0 aliphatic carbocycles. The molecule has 5 heteroatoms. The Morgan fingerprint density at radius 1 is 1.12 bits per heavy atom. The van der Waals surface area contributed by atoms with Gasteiger partial charge in [-0.2, -0.15) is 13.2 Å². The number of rotatable bonds is 0. The molecule has 0 aliphatic rings. The lowest BCUT2D eigenvalue weighted by Crippen LogP contribution is -2.09. The summed E-state index contributed by atoms with van der Waals surface area (Å²) in [5, 5.41) is 0.726. The van der Waals surface area contributed by atoms with Gasteiger partial charge in [-0.05, 0) is 12.1 Å². The lowest BCUT2D eigenvalue weighted by atomic mass is 9.98. The van der Waals surface area contributed by atoms with E-state index in [1.54, 1.807) is 6.07 Å². The van der Waals surface area contributed by atoms with E-state index < -0.39 is 11.7 Å². The highest BCUT2D eigenvalue weighted by Gasteiger charge is 2.34. The summed E-state index contributed by atoms with van der Waals surface area (Å²) in [7, 11) is 0. The van der Waals surface area contributed by atoms with Gasteiger partial charge in [-0.3, -0.25) is 0 Å². The molecule has 92 valence electrons. The van der Waals surface area contributed by atoms with Crippen molar-refractivity contribution in [3.8, 4) is 0 Å². The molecule has 0 aliphatic heterocycles. The first kappa shape index (κ1) is 12.4. The van der Waals surface area contributed by atoms with E-state index in [9.17, 15) is 13.2 Å². The molecule has 0 N–H and O–H groups in total. The molecule has 1 aromatic heterocycles. The summed E-state index contributed by atoms with van der Waals surface area (Å²) < 4.78 is 38.6. The lowest BCUT2D eigenvalue weighted by Gasteiger charge is -2.13. The second kappa shape index (κ2) is 3.70. The van der Waals surface area contributed by atoms with E-state index in [1.165, 1.54) is 6.07 Å². The molecular formula is C12H12F3NS. The van der Waals surface area contributed by atoms with Crippen LogP contribution >= 0.6 is 11.3 Å². The van der Waals surface area contributed by atoms with Gasteiger partial charge in [0.1, 0.15) is 0 Å². The Morgan fingerprint density at radius 2 is 1.76 bits per heavy atom. The Balaban J connectivity index is 2.70. The molecule has 1 aromatic carbocycles. The molecule has 0 bridgehead atoms. The first-order valence-electron chi connectivity index (χ1n) is 5.17. The highest BCUT2D eigenvalue weighted by Crippen LogP contribution is 2.39. The van der Waals surface area contributed by atoms with Gasteiger partial charge in [-0.1, -0.05) is 26.8 Å². The van der Waals surface area contributed by atoms with E-state index in [4.69, 9.17) is 0 Å². The maximum atomic E-state index is 12.8. The number of hydrogen-bond donors (Lipinski definition) is 0. The van der Waals surface area contributed by atoms with Crippen LogP contribution in [0.5, 0.6) is 0 Å². The van der Waals surface area contributed by atoms with Crippen LogP contribution in [0.2, 0.25) is 0 Å². The van der Waals surface area contributed by atoms with Crippen LogP contribution < -0.4 is 0 Å². The van der Waals surface area contributed by atoms with Crippen LogP contribution in [0, 0.1) is 0 Å². The molecular weight excluding hydrogens is 247 g/mol. The van der Waals surface area contributed by atoms with Crippen molar-refractivity contribution >= 4 is 21.6 Å². The Kier molecular flexibility index (Phi) is 2.69. The smallest absolute Gasteiger partial charge is 0.241 e. The summed E-state index contributed by atoms with van der Waals surface area (Å²) in [6.07, 6.45) is -4.32. The molecule has 0 spiro atoms. The predicted molar refractivity (Wildman–Crippen MR) is 63.3 cm³/mol. The summed E-state index contributed by atoms with van der Waals surface area (Å²) in [5.74, 6) is 0. The first-order chi connectivity index (χ1) is 7.69. The second-order valence-corrected chi connectivity index (χ2v) is 5.92. The van der Waals surface area contributed by atoms with Crippen LogP contribution in [-0.2, 0) is 11.6 Å². The average molecular weight is 259 g/mol. The van der Waals surface area contributed by atoms with Crippen LogP contribution in [0.4, 0.5) is 13.2 Å². The van der Waals surface area contributed by atoms with Crippen molar-refractivity contribution in [3.05, 3.63) is 28.8 Å². The van der Waals surface area contributed by atoms with Crippen LogP contribution in [-0.4, -0.2) is 4.98 Å². The van der Waals surface area contributed by atoms with Gasteiger partial charge in [0, 0.05) is 5.41 Å². The number of aromatic nitrogens is 1. The van der Waals surface area contributed by atoms with Crippen molar-refractivity contribution in [1.82, 2.24) is 4.98 Å². The Hall–Kier alpha value is -1.10. The summed E-state index contributed by atoms with van der Waals surface area (Å²) in [4.78, 5) is 4.28. The molecule has 17 heavy (non-hydrogen) atoms. The fraction of sp³-hybridized carbons (Fsp3) is 0.417. The quantitative estimate of drug-likeness (QED) is 0.673. The van der Waals surface area contributed by atoms with Crippen LogP contribution in [0.1, 0.15) is 31.3 Å². The zero-order chi connectivity index (χ0) is 12.8. The summed E-state index contributed by atoms with van der Waals surface area (Å²) in [6.45, 7) is 5.83. The zero-order valence-corrected chi connectivity index (χ0v) is 10.5. The van der Waals surface area contributed by atoms with Gasteiger partial charge in [0.15, 0.2) is 0 Å². The van der Waals surface area contributed by atoms with E-state index in [1.807, 2.05) is 20.8 Å². The number of halogens is 3. The zero-order valence-electron chi connectivity index (χ0n) is 9.72. The number of alkyl halides is 3. The number of hydrogen-bond acceptors (Lipinski definition) is 2. The SMILES string of the molecule is CC(C)(C)c1nc2cccc(C(F)(F)F)c2s1. The third-order valence-corrected chi connectivity index (χ3v) is 3.89. The van der Waals surface area contributed by atoms with Crippen molar-refractivity contribution in [3.63, 3.8) is 0 Å². The molecule has 0 atom stereocenters. The van der Waals surface area contributed by atoms with Gasteiger partial charge in [0.05, 0.1) is 20.8 Å². The number of thiazole rings is 1. The van der Waals surface area contributed by atoms with Crippen molar-refractivity contribution in [2.24, 2.45) is 0 Å². The normalized spacial score (nSPS) is 13.3. The lowest BCUT2D eigenvalue weighted by molar-refractivity contribution is -0.136. The molecule has 0 amide bonds. The van der Waals surface area contributed by atoms with Crippen LogP contribution in [0.25, 0.3) is 10.2 Å². The minimum Gasteiger partial charge on any atom is -0.241 e. The van der Waals surface area contributed by atoms with Gasteiger partial charge in [0.2, 0.25) is 0 Å². The monoisotopic (exact) mass is 259 g/mol. The maximum Gasteiger partial charge on any atom is 0.417 e. The molecule has 0 radical (unpaired) electrons. The van der Waals surface area contributed by atoms with Crippen molar-refractivity contribution in [2.45, 2.75) is 32.4 Å². The molecule has 2 aromatic rings. The van der Waals surface area contributed by atoms with Gasteiger partial charge in [-0.25, -0.2) is 4.98 Å². The van der Waals surface area contributed by atoms with Crippen molar-refractivity contribution in [1.29, 1.82) is 0 Å². The molecule has 2 rings (SSSR count). The number of benzene rings is 1. The number of nitrogens with zero attached hydrogens (tertiary/aromatic N) is 1. The van der Waals surface area contributed by atoms with Crippen LogP contribution in [0.3, 0.4) is 0 Å². The summed E-state index contributed by atoms with van der Waals surface area (Å²) in [6, 6.07) is 4.13. The van der Waals surface area contributed by atoms with Crippen LogP contribution in [0.15, 0.2) is 18.2 Å². The second-order valence-electron chi connectivity index (χ2n) is 4.92. The highest BCUT2D eigenvalue weighted by molar-refractivity contribution is 7.18. The third-order valence-electron chi connectivity index (χ3n) is 2.36. The van der Waals surface area contributed by atoms with E-state index >= 15 is 0 Å². The van der Waals surface area contributed by atoms with E-state index in [2.05, 4.69) is 4.98 Å².